The van der Waals surface area contributed by atoms with Crippen LogP contribution in [0.2, 0.25) is 0 Å². The van der Waals surface area contributed by atoms with Crippen LogP contribution in [0.15, 0.2) is 18.5 Å². The summed E-state index contributed by atoms with van der Waals surface area (Å²) in [5.74, 6) is 0. The van der Waals surface area contributed by atoms with Gasteiger partial charge >= 0.3 is 0 Å². The van der Waals surface area contributed by atoms with Crippen LogP contribution < -0.4 is 5.32 Å². The molecule has 18 heavy (non-hydrogen) atoms. The van der Waals surface area contributed by atoms with E-state index in [0.717, 1.165) is 43.4 Å². The van der Waals surface area contributed by atoms with Gasteiger partial charge in [0.05, 0.1) is 5.60 Å². The van der Waals surface area contributed by atoms with Gasteiger partial charge in [-0.25, -0.2) is 0 Å². The molecule has 2 N–H and O–H groups in total. The fraction of sp³-hybridized carbons (Fsp3) is 0.667. The second-order valence-electron chi connectivity index (χ2n) is 5.45. The summed E-state index contributed by atoms with van der Waals surface area (Å²) in [6.07, 6.45) is 8.55. The first-order chi connectivity index (χ1) is 8.65. The normalized spacial score (nSPS) is 28.3. The maximum Gasteiger partial charge on any atom is 0.0915 e. The molecule has 0 spiro atoms. The zero-order valence-electron chi connectivity index (χ0n) is 11.4. The largest absolute Gasteiger partial charge is 0.385 e. The first kappa shape index (κ1) is 13.5. The van der Waals surface area contributed by atoms with Crippen LogP contribution in [-0.4, -0.2) is 22.7 Å². The van der Waals surface area contributed by atoms with Crippen molar-refractivity contribution in [2.75, 3.05) is 6.54 Å². The molecule has 1 fully saturated rings. The molecule has 3 nitrogen and oxygen atoms in total. The van der Waals surface area contributed by atoms with Crippen molar-refractivity contribution < 1.29 is 5.11 Å². The van der Waals surface area contributed by atoms with E-state index >= 15 is 0 Å². The summed E-state index contributed by atoms with van der Waals surface area (Å²) in [4.78, 5) is 4.16. The highest BCUT2D eigenvalue weighted by Crippen LogP contribution is 2.38. The molecule has 2 rings (SSSR count). The van der Waals surface area contributed by atoms with E-state index in [9.17, 15) is 5.11 Å². The summed E-state index contributed by atoms with van der Waals surface area (Å²) in [7, 11) is 0. The number of pyridine rings is 1. The van der Waals surface area contributed by atoms with Crippen molar-refractivity contribution in [3.05, 3.63) is 29.6 Å². The van der Waals surface area contributed by atoms with Gasteiger partial charge in [0.2, 0.25) is 0 Å². The molecule has 0 amide bonds. The van der Waals surface area contributed by atoms with Crippen molar-refractivity contribution in [3.63, 3.8) is 0 Å². The third-order valence-corrected chi connectivity index (χ3v) is 4.04. The van der Waals surface area contributed by atoms with Crippen molar-refractivity contribution in [2.45, 2.75) is 57.6 Å². The zero-order chi connectivity index (χ0) is 13.0. The predicted molar refractivity (Wildman–Crippen MR) is 73.4 cm³/mol. The minimum atomic E-state index is -0.664. The number of nitrogens with one attached hydrogen (secondary N) is 1. The Labute approximate surface area is 110 Å². The SMILES string of the molecule is CCCNC1CCC(O)(c2cnccc2C)CC1. The molecule has 0 bridgehead atoms. The van der Waals surface area contributed by atoms with Crippen molar-refractivity contribution in [2.24, 2.45) is 0 Å². The minimum absolute atomic E-state index is 0.571. The van der Waals surface area contributed by atoms with Crippen LogP contribution in [-0.2, 0) is 5.60 Å². The van der Waals surface area contributed by atoms with E-state index in [-0.39, 0.29) is 0 Å². The molecule has 1 aromatic rings. The second kappa shape index (κ2) is 5.81. The Kier molecular flexibility index (Phi) is 4.36. The lowest BCUT2D eigenvalue weighted by Gasteiger charge is -2.37. The highest BCUT2D eigenvalue weighted by atomic mass is 16.3. The quantitative estimate of drug-likeness (QED) is 0.860. The average molecular weight is 248 g/mol. The van der Waals surface area contributed by atoms with Crippen LogP contribution in [0.5, 0.6) is 0 Å². The Morgan fingerprint density at radius 3 is 2.78 bits per heavy atom. The van der Waals surface area contributed by atoms with Gasteiger partial charge in [0.25, 0.3) is 0 Å². The van der Waals surface area contributed by atoms with Crippen LogP contribution in [0.25, 0.3) is 0 Å². The molecule has 0 unspecified atom stereocenters. The standard InChI is InChI=1S/C15H24N2O/c1-3-9-17-13-4-7-15(18,8-5-13)14-11-16-10-6-12(14)2/h6,10-11,13,17-18H,3-5,7-9H2,1-2H3. The maximum atomic E-state index is 10.8. The van der Waals surface area contributed by atoms with E-state index in [2.05, 4.69) is 24.1 Å². The molecule has 3 heteroatoms. The Morgan fingerprint density at radius 2 is 2.17 bits per heavy atom. The highest BCUT2D eigenvalue weighted by molar-refractivity contribution is 5.28. The summed E-state index contributed by atoms with van der Waals surface area (Å²) in [5, 5.41) is 14.3. The van der Waals surface area contributed by atoms with Gasteiger partial charge in [0.1, 0.15) is 0 Å². The summed E-state index contributed by atoms with van der Waals surface area (Å²) < 4.78 is 0. The Morgan fingerprint density at radius 1 is 1.44 bits per heavy atom. The highest BCUT2D eigenvalue weighted by Gasteiger charge is 2.35. The van der Waals surface area contributed by atoms with Crippen molar-refractivity contribution >= 4 is 0 Å². The molecular weight excluding hydrogens is 224 g/mol. The number of hydrogen-bond donors (Lipinski definition) is 2. The van der Waals surface area contributed by atoms with Crippen LogP contribution in [0.4, 0.5) is 0 Å². The Balaban J connectivity index is 2.01. The summed E-state index contributed by atoms with van der Waals surface area (Å²) in [6, 6.07) is 2.55. The van der Waals surface area contributed by atoms with Gasteiger partial charge in [-0.05, 0) is 57.2 Å². The van der Waals surface area contributed by atoms with Gasteiger partial charge < -0.3 is 10.4 Å². The van der Waals surface area contributed by atoms with Crippen molar-refractivity contribution in [1.29, 1.82) is 0 Å². The first-order valence-corrected chi connectivity index (χ1v) is 7.02. The molecule has 1 aliphatic rings. The Bertz CT molecular complexity index is 384. The molecular formula is C15H24N2O. The topological polar surface area (TPSA) is 45.1 Å². The number of aryl methyl sites for hydroxylation is 1. The van der Waals surface area contributed by atoms with Crippen LogP contribution in [0.3, 0.4) is 0 Å². The Hall–Kier alpha value is -0.930. The number of rotatable bonds is 4. The van der Waals surface area contributed by atoms with Gasteiger partial charge in [-0.1, -0.05) is 6.92 Å². The van der Waals surface area contributed by atoms with Gasteiger partial charge in [0, 0.05) is 24.0 Å². The molecule has 1 aliphatic carbocycles. The van der Waals surface area contributed by atoms with E-state index in [1.54, 1.807) is 6.20 Å². The fourth-order valence-corrected chi connectivity index (χ4v) is 2.87. The monoisotopic (exact) mass is 248 g/mol. The third kappa shape index (κ3) is 2.90. The summed E-state index contributed by atoms with van der Waals surface area (Å²) >= 11 is 0. The van der Waals surface area contributed by atoms with Gasteiger partial charge in [-0.3, -0.25) is 4.98 Å². The van der Waals surface area contributed by atoms with E-state index in [4.69, 9.17) is 0 Å². The number of hydrogen-bond acceptors (Lipinski definition) is 3. The molecule has 0 atom stereocenters. The van der Waals surface area contributed by atoms with Crippen molar-refractivity contribution in [1.82, 2.24) is 10.3 Å². The van der Waals surface area contributed by atoms with Crippen LogP contribution in [0.1, 0.15) is 50.2 Å². The maximum absolute atomic E-state index is 10.8. The lowest BCUT2D eigenvalue weighted by atomic mass is 9.77. The first-order valence-electron chi connectivity index (χ1n) is 7.02. The van der Waals surface area contributed by atoms with Crippen LogP contribution >= 0.6 is 0 Å². The summed E-state index contributed by atoms with van der Waals surface area (Å²) in [6.45, 7) is 5.32. The van der Waals surface area contributed by atoms with E-state index in [1.165, 1.54) is 6.42 Å². The molecule has 1 saturated carbocycles. The fourth-order valence-electron chi connectivity index (χ4n) is 2.87. The molecule has 1 aromatic heterocycles. The molecule has 0 radical (unpaired) electrons. The average Bonchev–Trinajstić information content (AvgIpc) is 2.39. The number of aliphatic hydroxyl groups is 1. The van der Waals surface area contributed by atoms with E-state index in [1.807, 2.05) is 12.3 Å². The third-order valence-electron chi connectivity index (χ3n) is 4.04. The van der Waals surface area contributed by atoms with Crippen molar-refractivity contribution in [3.8, 4) is 0 Å². The lowest BCUT2D eigenvalue weighted by molar-refractivity contribution is -0.00908. The second-order valence-corrected chi connectivity index (χ2v) is 5.45. The lowest BCUT2D eigenvalue weighted by Crippen LogP contribution is -2.40. The molecule has 0 aliphatic heterocycles. The number of nitrogens with zero attached hydrogens (tertiary/aromatic N) is 1. The molecule has 100 valence electrons. The summed E-state index contributed by atoms with van der Waals surface area (Å²) in [5.41, 5.74) is 1.49. The smallest absolute Gasteiger partial charge is 0.0915 e. The van der Waals surface area contributed by atoms with Crippen LogP contribution in [0, 0.1) is 6.92 Å². The molecule has 0 aromatic carbocycles. The molecule has 0 saturated heterocycles. The van der Waals surface area contributed by atoms with Gasteiger partial charge in [-0.15, -0.1) is 0 Å². The predicted octanol–water partition coefficient (Wildman–Crippen LogP) is 2.52. The van der Waals surface area contributed by atoms with E-state index in [0.29, 0.717) is 6.04 Å². The molecule has 1 heterocycles. The van der Waals surface area contributed by atoms with E-state index < -0.39 is 5.60 Å². The number of aromatic nitrogens is 1. The van der Waals surface area contributed by atoms with Gasteiger partial charge in [0.15, 0.2) is 0 Å². The van der Waals surface area contributed by atoms with Gasteiger partial charge in [-0.2, -0.15) is 0 Å². The zero-order valence-corrected chi connectivity index (χ0v) is 11.4. The minimum Gasteiger partial charge on any atom is -0.385 e.